The minimum Gasteiger partial charge on any atom is -0.480 e. The van der Waals surface area contributed by atoms with Crippen LogP contribution in [0.4, 0.5) is 0 Å². The molecule has 0 saturated carbocycles. The standard InChI is InChI=1S/C9H19NO3/c1-9(2,3)6-10-7(4-5-11)8(12)13/h7,10-11H,4-6H2,1-3H3,(H,12,13)/t7-/m1/s1. The molecule has 0 spiro atoms. The summed E-state index contributed by atoms with van der Waals surface area (Å²) in [4.78, 5) is 10.6. The number of hydrogen-bond acceptors (Lipinski definition) is 3. The molecule has 78 valence electrons. The second-order valence-corrected chi connectivity index (χ2v) is 4.34. The monoisotopic (exact) mass is 189 g/mol. The van der Waals surface area contributed by atoms with E-state index in [-0.39, 0.29) is 18.4 Å². The highest BCUT2D eigenvalue weighted by Gasteiger charge is 2.19. The van der Waals surface area contributed by atoms with Crippen LogP contribution in [0.25, 0.3) is 0 Å². The molecule has 0 fully saturated rings. The maximum atomic E-state index is 10.6. The van der Waals surface area contributed by atoms with Crippen LogP contribution in [0.15, 0.2) is 0 Å². The van der Waals surface area contributed by atoms with E-state index in [0.29, 0.717) is 6.54 Å². The molecule has 4 heteroatoms. The van der Waals surface area contributed by atoms with Gasteiger partial charge < -0.3 is 15.5 Å². The molecular weight excluding hydrogens is 170 g/mol. The molecular formula is C9H19NO3. The highest BCUT2D eigenvalue weighted by molar-refractivity contribution is 5.73. The van der Waals surface area contributed by atoms with E-state index in [2.05, 4.69) is 5.32 Å². The molecule has 0 aliphatic carbocycles. The third-order valence-corrected chi connectivity index (χ3v) is 1.59. The number of nitrogens with one attached hydrogen (secondary N) is 1. The zero-order valence-electron chi connectivity index (χ0n) is 8.50. The molecule has 0 unspecified atom stereocenters. The topological polar surface area (TPSA) is 69.6 Å². The van der Waals surface area contributed by atoms with Crippen molar-refractivity contribution in [1.82, 2.24) is 5.32 Å². The molecule has 0 radical (unpaired) electrons. The minimum absolute atomic E-state index is 0.0587. The summed E-state index contributed by atoms with van der Waals surface area (Å²) in [5.41, 5.74) is 0.0587. The molecule has 3 N–H and O–H groups in total. The van der Waals surface area contributed by atoms with Crippen molar-refractivity contribution in [2.75, 3.05) is 13.2 Å². The van der Waals surface area contributed by atoms with Crippen molar-refractivity contribution in [2.45, 2.75) is 33.2 Å². The normalized spacial score (nSPS) is 14.2. The Bertz CT molecular complexity index is 163. The SMILES string of the molecule is CC(C)(C)CN[C@H](CCO)C(=O)O. The fourth-order valence-electron chi connectivity index (χ4n) is 0.871. The van der Waals surface area contributed by atoms with Gasteiger partial charge in [-0.05, 0) is 11.8 Å². The van der Waals surface area contributed by atoms with Crippen LogP contribution in [0.3, 0.4) is 0 Å². The molecule has 0 aromatic rings. The molecule has 0 aromatic carbocycles. The van der Waals surface area contributed by atoms with Crippen LogP contribution in [-0.2, 0) is 4.79 Å². The van der Waals surface area contributed by atoms with Crippen molar-refractivity contribution in [2.24, 2.45) is 5.41 Å². The van der Waals surface area contributed by atoms with Crippen molar-refractivity contribution in [1.29, 1.82) is 0 Å². The summed E-state index contributed by atoms with van der Waals surface area (Å²) in [7, 11) is 0. The van der Waals surface area contributed by atoms with E-state index in [0.717, 1.165) is 0 Å². The lowest BCUT2D eigenvalue weighted by Crippen LogP contribution is -2.41. The Hall–Kier alpha value is -0.610. The number of carboxylic acid groups (broad SMARTS) is 1. The first-order valence-electron chi connectivity index (χ1n) is 4.44. The van der Waals surface area contributed by atoms with Gasteiger partial charge in [0.15, 0.2) is 0 Å². The summed E-state index contributed by atoms with van der Waals surface area (Å²) in [5, 5.41) is 20.2. The fourth-order valence-corrected chi connectivity index (χ4v) is 0.871. The lowest BCUT2D eigenvalue weighted by atomic mass is 9.96. The Kier molecular flexibility index (Phi) is 4.95. The molecule has 0 amide bonds. The van der Waals surface area contributed by atoms with Gasteiger partial charge in [0.05, 0.1) is 0 Å². The second-order valence-electron chi connectivity index (χ2n) is 4.34. The summed E-state index contributed by atoms with van der Waals surface area (Å²) in [6.45, 7) is 6.60. The Morgan fingerprint density at radius 3 is 2.31 bits per heavy atom. The average Bonchev–Trinajstić information content (AvgIpc) is 1.95. The Morgan fingerprint density at radius 2 is 2.00 bits per heavy atom. The molecule has 4 nitrogen and oxygen atoms in total. The number of aliphatic hydroxyl groups is 1. The molecule has 1 atom stereocenters. The van der Waals surface area contributed by atoms with Gasteiger partial charge in [0.25, 0.3) is 0 Å². The van der Waals surface area contributed by atoms with E-state index in [4.69, 9.17) is 10.2 Å². The van der Waals surface area contributed by atoms with Gasteiger partial charge in [0.2, 0.25) is 0 Å². The second kappa shape index (κ2) is 5.19. The molecule has 0 aromatic heterocycles. The van der Waals surface area contributed by atoms with E-state index in [9.17, 15) is 4.79 Å². The summed E-state index contributed by atoms with van der Waals surface area (Å²) in [5.74, 6) is -0.904. The Labute approximate surface area is 79.0 Å². The number of carbonyl (C=O) groups is 1. The molecule has 13 heavy (non-hydrogen) atoms. The Morgan fingerprint density at radius 1 is 1.46 bits per heavy atom. The van der Waals surface area contributed by atoms with E-state index in [1.165, 1.54) is 0 Å². The maximum absolute atomic E-state index is 10.6. The summed E-state index contributed by atoms with van der Waals surface area (Å²) in [6, 6.07) is -0.635. The van der Waals surface area contributed by atoms with E-state index >= 15 is 0 Å². The van der Waals surface area contributed by atoms with Gasteiger partial charge in [-0.3, -0.25) is 4.79 Å². The van der Waals surface area contributed by atoms with Gasteiger partial charge in [-0.15, -0.1) is 0 Å². The van der Waals surface area contributed by atoms with Gasteiger partial charge in [-0.25, -0.2) is 0 Å². The van der Waals surface area contributed by atoms with Crippen LogP contribution in [0, 0.1) is 5.41 Å². The highest BCUT2D eigenvalue weighted by atomic mass is 16.4. The smallest absolute Gasteiger partial charge is 0.320 e. The molecule has 0 aliphatic rings. The van der Waals surface area contributed by atoms with E-state index in [1.54, 1.807) is 0 Å². The van der Waals surface area contributed by atoms with Gasteiger partial charge in [0.1, 0.15) is 6.04 Å². The quantitative estimate of drug-likeness (QED) is 0.587. The first-order valence-corrected chi connectivity index (χ1v) is 4.44. The predicted octanol–water partition coefficient (Wildman–Crippen LogP) is 0.458. The molecule has 0 heterocycles. The van der Waals surface area contributed by atoms with Gasteiger partial charge in [0, 0.05) is 13.2 Å². The molecule has 0 aliphatic heterocycles. The fraction of sp³-hybridized carbons (Fsp3) is 0.889. The molecule has 0 rings (SSSR count). The van der Waals surface area contributed by atoms with Gasteiger partial charge >= 0.3 is 5.97 Å². The van der Waals surface area contributed by atoms with Crippen LogP contribution in [-0.4, -0.2) is 35.4 Å². The van der Waals surface area contributed by atoms with E-state index in [1.807, 2.05) is 20.8 Å². The van der Waals surface area contributed by atoms with E-state index < -0.39 is 12.0 Å². The van der Waals surface area contributed by atoms with Crippen LogP contribution in [0.1, 0.15) is 27.2 Å². The molecule has 0 bridgehead atoms. The predicted molar refractivity (Wildman–Crippen MR) is 50.6 cm³/mol. The highest BCUT2D eigenvalue weighted by Crippen LogP contribution is 2.11. The Balaban J connectivity index is 3.90. The number of carboxylic acids is 1. The number of aliphatic carboxylic acids is 1. The molecule has 0 saturated heterocycles. The number of aliphatic hydroxyl groups excluding tert-OH is 1. The first-order chi connectivity index (χ1) is 5.87. The number of rotatable bonds is 5. The van der Waals surface area contributed by atoms with Crippen LogP contribution < -0.4 is 5.32 Å². The van der Waals surface area contributed by atoms with Crippen LogP contribution in [0.5, 0.6) is 0 Å². The summed E-state index contributed by atoms with van der Waals surface area (Å²) < 4.78 is 0. The average molecular weight is 189 g/mol. The van der Waals surface area contributed by atoms with Crippen molar-refractivity contribution < 1.29 is 15.0 Å². The zero-order valence-corrected chi connectivity index (χ0v) is 8.50. The largest absolute Gasteiger partial charge is 0.480 e. The first kappa shape index (κ1) is 12.4. The lowest BCUT2D eigenvalue weighted by Gasteiger charge is -2.22. The van der Waals surface area contributed by atoms with Crippen molar-refractivity contribution in [3.05, 3.63) is 0 Å². The lowest BCUT2D eigenvalue weighted by molar-refractivity contribution is -0.140. The van der Waals surface area contributed by atoms with Gasteiger partial charge in [-0.1, -0.05) is 20.8 Å². The van der Waals surface area contributed by atoms with Gasteiger partial charge in [-0.2, -0.15) is 0 Å². The zero-order chi connectivity index (χ0) is 10.5. The van der Waals surface area contributed by atoms with Crippen molar-refractivity contribution in [3.8, 4) is 0 Å². The summed E-state index contributed by atoms with van der Waals surface area (Å²) >= 11 is 0. The van der Waals surface area contributed by atoms with Crippen molar-refractivity contribution >= 4 is 5.97 Å². The van der Waals surface area contributed by atoms with Crippen LogP contribution >= 0.6 is 0 Å². The third-order valence-electron chi connectivity index (χ3n) is 1.59. The third kappa shape index (κ3) is 6.54. The summed E-state index contributed by atoms with van der Waals surface area (Å²) in [6.07, 6.45) is 0.255. The maximum Gasteiger partial charge on any atom is 0.320 e. The number of hydrogen-bond donors (Lipinski definition) is 3. The minimum atomic E-state index is -0.904. The van der Waals surface area contributed by atoms with Crippen LogP contribution in [0.2, 0.25) is 0 Å². The van der Waals surface area contributed by atoms with Crippen molar-refractivity contribution in [3.63, 3.8) is 0 Å².